The van der Waals surface area contributed by atoms with Gasteiger partial charge in [-0.25, -0.2) is 13.2 Å². The molecule has 0 bridgehead atoms. The van der Waals surface area contributed by atoms with Crippen LogP contribution in [0.5, 0.6) is 5.75 Å². The molecule has 0 saturated heterocycles. The van der Waals surface area contributed by atoms with Gasteiger partial charge in [0.25, 0.3) is 0 Å². The predicted molar refractivity (Wildman–Crippen MR) is 113 cm³/mol. The fourth-order valence-corrected chi connectivity index (χ4v) is 3.86. The molecule has 0 aromatic heterocycles. The lowest BCUT2D eigenvalue weighted by Crippen LogP contribution is -2.53. The number of carbonyl (C=O) groups excluding carboxylic acids is 1. The number of ether oxygens (including phenoxy) is 2. The number of hydrogen-bond donors (Lipinski definition) is 3. The molecule has 0 aliphatic carbocycles. The molecule has 1 heterocycles. The molecule has 1 aliphatic rings. The summed E-state index contributed by atoms with van der Waals surface area (Å²) < 4.78 is 36.5. The number of alkyl carbamates (subject to hydrolysis) is 1. The Morgan fingerprint density at radius 1 is 1.20 bits per heavy atom. The maximum atomic E-state index is 12.3. The summed E-state index contributed by atoms with van der Waals surface area (Å²) in [5, 5.41) is 13.4. The summed E-state index contributed by atoms with van der Waals surface area (Å²) in [6.07, 6.45) is -0.0679. The molecular formula is C21H26N2O6S. The number of hydrogen-bond acceptors (Lipinski definition) is 6. The van der Waals surface area contributed by atoms with Crippen molar-refractivity contribution in [1.29, 1.82) is 0 Å². The number of fused-ring (bicyclic) bond motifs is 1. The Hall–Kier alpha value is -2.78. The lowest BCUT2D eigenvalue weighted by molar-refractivity contribution is -0.0636. The van der Waals surface area contributed by atoms with Crippen LogP contribution in [0, 0.1) is 0 Å². The number of benzene rings is 2. The van der Waals surface area contributed by atoms with Gasteiger partial charge in [0.05, 0.1) is 24.6 Å². The van der Waals surface area contributed by atoms with Crippen molar-refractivity contribution in [2.45, 2.75) is 38.0 Å². The fraction of sp³-hybridized carbons (Fsp3) is 0.381. The van der Waals surface area contributed by atoms with Crippen molar-refractivity contribution in [3.8, 4) is 5.75 Å². The van der Waals surface area contributed by atoms with Crippen molar-refractivity contribution < 1.29 is 27.8 Å². The van der Waals surface area contributed by atoms with E-state index in [1.807, 2.05) is 30.3 Å². The number of aliphatic hydroxyl groups is 1. The normalized spacial score (nSPS) is 19.9. The van der Waals surface area contributed by atoms with Gasteiger partial charge in [-0.3, -0.25) is 4.72 Å². The third-order valence-electron chi connectivity index (χ3n) is 4.79. The van der Waals surface area contributed by atoms with Crippen LogP contribution in [0.1, 0.15) is 31.0 Å². The molecule has 1 aliphatic heterocycles. The van der Waals surface area contributed by atoms with E-state index in [1.54, 1.807) is 26.0 Å². The largest absolute Gasteiger partial charge is 0.485 e. The van der Waals surface area contributed by atoms with E-state index in [9.17, 15) is 18.3 Å². The van der Waals surface area contributed by atoms with Gasteiger partial charge in [-0.2, -0.15) is 0 Å². The molecule has 0 spiro atoms. The summed E-state index contributed by atoms with van der Waals surface area (Å²) in [4.78, 5) is 12.3. The summed E-state index contributed by atoms with van der Waals surface area (Å²) in [6.45, 7) is 3.57. The minimum Gasteiger partial charge on any atom is -0.485 e. The Bertz CT molecular complexity index is 1010. The third-order valence-corrected chi connectivity index (χ3v) is 5.40. The van der Waals surface area contributed by atoms with Crippen molar-refractivity contribution in [3.63, 3.8) is 0 Å². The molecule has 9 heteroatoms. The minimum absolute atomic E-state index is 0.197. The van der Waals surface area contributed by atoms with Crippen LogP contribution < -0.4 is 14.8 Å². The van der Waals surface area contributed by atoms with Gasteiger partial charge in [0, 0.05) is 18.1 Å². The van der Waals surface area contributed by atoms with Crippen molar-refractivity contribution in [3.05, 3.63) is 59.7 Å². The smallest absolute Gasteiger partial charge is 0.407 e. The minimum atomic E-state index is -3.45. The van der Waals surface area contributed by atoms with Gasteiger partial charge >= 0.3 is 6.09 Å². The second-order valence-electron chi connectivity index (χ2n) is 7.77. The van der Waals surface area contributed by atoms with Crippen molar-refractivity contribution in [2.75, 3.05) is 17.6 Å². The van der Waals surface area contributed by atoms with Crippen LogP contribution in [-0.4, -0.2) is 44.2 Å². The van der Waals surface area contributed by atoms with Crippen LogP contribution in [0.15, 0.2) is 48.5 Å². The van der Waals surface area contributed by atoms with E-state index in [0.29, 0.717) is 23.4 Å². The second-order valence-corrected chi connectivity index (χ2v) is 9.52. The van der Waals surface area contributed by atoms with Gasteiger partial charge in [0.1, 0.15) is 17.5 Å². The first-order valence-corrected chi connectivity index (χ1v) is 11.4. The quantitative estimate of drug-likeness (QED) is 0.644. The standard InChI is InChI=1S/C21H26N2O6S/c1-21(2)19(24)18(22-20(25)28-12-11-14-7-5-4-6-8-14)16-10-9-15(13-17(16)29-21)23-30(3,26)27/h4-10,13,18-19,23-24H,11-12H2,1-3H3,(H,22,25)/t18-,19+/m0/s1. The molecular weight excluding hydrogens is 408 g/mol. The van der Waals surface area contributed by atoms with Gasteiger partial charge in [0.2, 0.25) is 10.0 Å². The van der Waals surface area contributed by atoms with Crippen molar-refractivity contribution >= 4 is 21.8 Å². The molecule has 0 saturated carbocycles. The van der Waals surface area contributed by atoms with Crippen LogP contribution >= 0.6 is 0 Å². The lowest BCUT2D eigenvalue weighted by Gasteiger charge is -2.42. The topological polar surface area (TPSA) is 114 Å². The van der Waals surface area contributed by atoms with E-state index in [2.05, 4.69) is 10.0 Å². The van der Waals surface area contributed by atoms with Crippen LogP contribution in [0.3, 0.4) is 0 Å². The lowest BCUT2D eigenvalue weighted by atomic mass is 9.86. The Balaban J connectivity index is 1.72. The molecule has 1 amide bonds. The second kappa shape index (κ2) is 8.53. The molecule has 2 aromatic rings. The highest BCUT2D eigenvalue weighted by Gasteiger charge is 2.44. The zero-order valence-electron chi connectivity index (χ0n) is 17.1. The van der Waals surface area contributed by atoms with Gasteiger partial charge in [-0.15, -0.1) is 0 Å². The molecule has 3 N–H and O–H groups in total. The maximum absolute atomic E-state index is 12.3. The average Bonchev–Trinajstić information content (AvgIpc) is 2.64. The third kappa shape index (κ3) is 5.43. The van der Waals surface area contributed by atoms with Crippen molar-refractivity contribution in [2.24, 2.45) is 0 Å². The first-order valence-electron chi connectivity index (χ1n) is 9.51. The molecule has 162 valence electrons. The summed E-state index contributed by atoms with van der Waals surface area (Å²) in [5.41, 5.74) is 0.890. The van der Waals surface area contributed by atoms with Crippen LogP contribution in [0.2, 0.25) is 0 Å². The number of carbonyl (C=O) groups is 1. The molecule has 0 unspecified atom stereocenters. The van der Waals surface area contributed by atoms with E-state index in [0.717, 1.165) is 11.8 Å². The van der Waals surface area contributed by atoms with Gasteiger partial charge in [-0.1, -0.05) is 36.4 Å². The molecule has 0 radical (unpaired) electrons. The Kier molecular flexibility index (Phi) is 6.23. The Morgan fingerprint density at radius 3 is 2.57 bits per heavy atom. The Morgan fingerprint density at radius 2 is 1.90 bits per heavy atom. The average molecular weight is 435 g/mol. The highest BCUT2D eigenvalue weighted by atomic mass is 32.2. The molecule has 30 heavy (non-hydrogen) atoms. The van der Waals surface area contributed by atoms with E-state index in [4.69, 9.17) is 9.47 Å². The Labute approximate surface area is 176 Å². The van der Waals surface area contributed by atoms with Crippen LogP contribution in [0.4, 0.5) is 10.5 Å². The number of nitrogens with one attached hydrogen (secondary N) is 2. The number of rotatable bonds is 6. The van der Waals surface area contributed by atoms with E-state index in [1.165, 1.54) is 6.07 Å². The zero-order valence-corrected chi connectivity index (χ0v) is 17.9. The van der Waals surface area contributed by atoms with Gasteiger partial charge < -0.3 is 19.9 Å². The van der Waals surface area contributed by atoms with E-state index < -0.39 is 33.9 Å². The van der Waals surface area contributed by atoms with Gasteiger partial charge in [0.15, 0.2) is 0 Å². The molecule has 8 nitrogen and oxygen atoms in total. The molecule has 2 atom stereocenters. The number of amides is 1. The zero-order chi connectivity index (χ0) is 21.9. The highest BCUT2D eigenvalue weighted by Crippen LogP contribution is 2.41. The van der Waals surface area contributed by atoms with Crippen LogP contribution in [0.25, 0.3) is 0 Å². The first kappa shape index (κ1) is 21.9. The number of sulfonamides is 1. The first-order chi connectivity index (χ1) is 14.0. The van der Waals surface area contributed by atoms with Crippen molar-refractivity contribution in [1.82, 2.24) is 5.32 Å². The molecule has 0 fully saturated rings. The number of anilines is 1. The SMILES string of the molecule is CC1(C)Oc2cc(NS(C)(=O)=O)ccc2[C@H](NC(=O)OCCc2ccccc2)[C@H]1O. The van der Waals surface area contributed by atoms with E-state index in [-0.39, 0.29) is 6.61 Å². The number of aliphatic hydroxyl groups excluding tert-OH is 1. The molecule has 2 aromatic carbocycles. The monoisotopic (exact) mass is 434 g/mol. The van der Waals surface area contributed by atoms with Crippen LogP contribution in [-0.2, 0) is 21.2 Å². The fourth-order valence-electron chi connectivity index (χ4n) is 3.30. The summed E-state index contributed by atoms with van der Waals surface area (Å²) >= 11 is 0. The summed E-state index contributed by atoms with van der Waals surface area (Å²) in [5.74, 6) is 0.369. The maximum Gasteiger partial charge on any atom is 0.407 e. The summed E-state index contributed by atoms with van der Waals surface area (Å²) in [7, 11) is -3.45. The summed E-state index contributed by atoms with van der Waals surface area (Å²) in [6, 6.07) is 13.5. The predicted octanol–water partition coefficient (Wildman–Crippen LogP) is 2.60. The van der Waals surface area contributed by atoms with Gasteiger partial charge in [-0.05, 0) is 25.5 Å². The highest BCUT2D eigenvalue weighted by molar-refractivity contribution is 7.92. The van der Waals surface area contributed by atoms with E-state index >= 15 is 0 Å². The molecule has 3 rings (SSSR count).